The number of ether oxygens (including phenoxy) is 1. The van der Waals surface area contributed by atoms with Crippen LogP contribution in [0.3, 0.4) is 0 Å². The van der Waals surface area contributed by atoms with Gasteiger partial charge in [0.15, 0.2) is 0 Å². The molecule has 0 spiro atoms. The molecule has 0 aromatic heterocycles. The summed E-state index contributed by atoms with van der Waals surface area (Å²) in [6.07, 6.45) is 3.68. The van der Waals surface area contributed by atoms with E-state index in [1.165, 1.54) is 25.8 Å². The first kappa shape index (κ1) is 12.3. The van der Waals surface area contributed by atoms with Gasteiger partial charge in [0.1, 0.15) is 0 Å². The second-order valence-electron chi connectivity index (χ2n) is 5.84. The second-order valence-corrected chi connectivity index (χ2v) is 5.84. The van der Waals surface area contributed by atoms with Crippen molar-refractivity contribution >= 4 is 0 Å². The summed E-state index contributed by atoms with van der Waals surface area (Å²) in [5, 5.41) is 3.66. The van der Waals surface area contributed by atoms with Gasteiger partial charge < -0.3 is 10.1 Å². The maximum atomic E-state index is 5.47. The van der Waals surface area contributed by atoms with Gasteiger partial charge in [-0.1, -0.05) is 6.92 Å². The summed E-state index contributed by atoms with van der Waals surface area (Å²) in [6.45, 7) is 11.1. The van der Waals surface area contributed by atoms with Crippen molar-refractivity contribution in [1.29, 1.82) is 0 Å². The summed E-state index contributed by atoms with van der Waals surface area (Å²) in [6, 6.07) is 1.47. The lowest BCUT2D eigenvalue weighted by atomic mass is 9.93. The molecule has 1 atom stereocenters. The van der Waals surface area contributed by atoms with Gasteiger partial charge in [-0.3, -0.25) is 4.90 Å². The van der Waals surface area contributed by atoms with Crippen LogP contribution < -0.4 is 5.32 Å². The minimum Gasteiger partial charge on any atom is -0.381 e. The van der Waals surface area contributed by atoms with Crippen LogP contribution in [0.1, 0.15) is 40.0 Å². The first-order valence-corrected chi connectivity index (χ1v) is 6.71. The van der Waals surface area contributed by atoms with Crippen LogP contribution in [-0.2, 0) is 4.74 Å². The van der Waals surface area contributed by atoms with Gasteiger partial charge in [0.25, 0.3) is 0 Å². The molecule has 1 N–H and O–H groups in total. The predicted molar refractivity (Wildman–Crippen MR) is 66.7 cm³/mol. The van der Waals surface area contributed by atoms with Crippen molar-refractivity contribution in [2.24, 2.45) is 0 Å². The van der Waals surface area contributed by atoms with Crippen molar-refractivity contribution in [3.8, 4) is 0 Å². The Bertz CT molecular complexity index is 224. The summed E-state index contributed by atoms with van der Waals surface area (Å²) in [7, 11) is 0. The van der Waals surface area contributed by atoms with Crippen molar-refractivity contribution in [3.63, 3.8) is 0 Å². The smallest absolute Gasteiger partial charge is 0.0480 e. The molecule has 0 aromatic carbocycles. The monoisotopic (exact) mass is 226 g/mol. The highest BCUT2D eigenvalue weighted by Gasteiger charge is 2.35. The predicted octanol–water partition coefficient (Wildman–Crippen LogP) is 1.63. The molecular formula is C13H26N2O. The van der Waals surface area contributed by atoms with Crippen LogP contribution in [0, 0.1) is 0 Å². The number of nitrogens with zero attached hydrogens (tertiary/aromatic N) is 1. The molecule has 0 saturated carbocycles. The first-order chi connectivity index (χ1) is 7.62. The molecule has 0 aliphatic carbocycles. The SMILES string of the molecule is CCC1CNC(C)(C)CN1C1CCOCC1. The van der Waals surface area contributed by atoms with Crippen molar-refractivity contribution < 1.29 is 4.74 Å². The van der Waals surface area contributed by atoms with E-state index in [0.29, 0.717) is 0 Å². The van der Waals surface area contributed by atoms with E-state index in [0.717, 1.165) is 31.8 Å². The Labute approximate surface area is 99.5 Å². The molecule has 0 bridgehead atoms. The number of nitrogens with one attached hydrogen (secondary N) is 1. The van der Waals surface area contributed by atoms with E-state index >= 15 is 0 Å². The van der Waals surface area contributed by atoms with E-state index in [1.54, 1.807) is 0 Å². The molecule has 16 heavy (non-hydrogen) atoms. The molecular weight excluding hydrogens is 200 g/mol. The molecule has 3 nitrogen and oxygen atoms in total. The Morgan fingerprint density at radius 3 is 2.62 bits per heavy atom. The summed E-state index contributed by atoms with van der Waals surface area (Å²) >= 11 is 0. The van der Waals surface area contributed by atoms with Gasteiger partial charge in [-0.15, -0.1) is 0 Å². The molecule has 0 radical (unpaired) electrons. The molecule has 2 saturated heterocycles. The van der Waals surface area contributed by atoms with Crippen LogP contribution >= 0.6 is 0 Å². The third kappa shape index (κ3) is 2.76. The fourth-order valence-electron chi connectivity index (χ4n) is 2.98. The normalized spacial score (nSPS) is 32.8. The van der Waals surface area contributed by atoms with Crippen molar-refractivity contribution in [3.05, 3.63) is 0 Å². The fourth-order valence-corrected chi connectivity index (χ4v) is 2.98. The molecule has 2 heterocycles. The highest BCUT2D eigenvalue weighted by Crippen LogP contribution is 2.24. The number of hydrogen-bond donors (Lipinski definition) is 1. The van der Waals surface area contributed by atoms with E-state index in [2.05, 4.69) is 31.0 Å². The van der Waals surface area contributed by atoms with E-state index < -0.39 is 0 Å². The van der Waals surface area contributed by atoms with E-state index in [4.69, 9.17) is 4.74 Å². The molecule has 2 rings (SSSR count). The van der Waals surface area contributed by atoms with Crippen LogP contribution in [0.25, 0.3) is 0 Å². The average molecular weight is 226 g/mol. The maximum absolute atomic E-state index is 5.47. The molecule has 2 fully saturated rings. The zero-order chi connectivity index (χ0) is 11.6. The Kier molecular flexibility index (Phi) is 3.88. The minimum absolute atomic E-state index is 0.268. The van der Waals surface area contributed by atoms with Gasteiger partial charge >= 0.3 is 0 Å². The van der Waals surface area contributed by atoms with Crippen LogP contribution in [0.5, 0.6) is 0 Å². The standard InChI is InChI=1S/C13H26N2O/c1-4-11-9-14-13(2,3)10-15(11)12-5-7-16-8-6-12/h11-12,14H,4-10H2,1-3H3. The molecule has 1 unspecified atom stereocenters. The van der Waals surface area contributed by atoms with Gasteiger partial charge in [-0.2, -0.15) is 0 Å². The Hall–Kier alpha value is -0.120. The van der Waals surface area contributed by atoms with E-state index in [-0.39, 0.29) is 5.54 Å². The lowest BCUT2D eigenvalue weighted by Gasteiger charge is -2.48. The van der Waals surface area contributed by atoms with E-state index in [9.17, 15) is 0 Å². The molecule has 3 heteroatoms. The minimum atomic E-state index is 0.268. The summed E-state index contributed by atoms with van der Waals surface area (Å²) in [4.78, 5) is 2.74. The number of piperazine rings is 1. The zero-order valence-corrected chi connectivity index (χ0v) is 11.0. The first-order valence-electron chi connectivity index (χ1n) is 6.71. The van der Waals surface area contributed by atoms with Gasteiger partial charge in [-0.05, 0) is 33.1 Å². The summed E-state index contributed by atoms with van der Waals surface area (Å²) in [5.74, 6) is 0. The summed E-state index contributed by atoms with van der Waals surface area (Å²) < 4.78 is 5.47. The molecule has 2 aliphatic heterocycles. The van der Waals surface area contributed by atoms with Gasteiger partial charge in [0, 0.05) is 43.9 Å². The van der Waals surface area contributed by atoms with Gasteiger partial charge in [-0.25, -0.2) is 0 Å². The zero-order valence-electron chi connectivity index (χ0n) is 11.0. The molecule has 0 amide bonds. The number of rotatable bonds is 2. The van der Waals surface area contributed by atoms with Crippen molar-refractivity contribution in [1.82, 2.24) is 10.2 Å². The van der Waals surface area contributed by atoms with Crippen molar-refractivity contribution in [2.75, 3.05) is 26.3 Å². The fraction of sp³-hybridized carbons (Fsp3) is 1.00. The largest absolute Gasteiger partial charge is 0.381 e. The van der Waals surface area contributed by atoms with E-state index in [1.807, 2.05) is 0 Å². The Morgan fingerprint density at radius 1 is 1.31 bits per heavy atom. The van der Waals surface area contributed by atoms with Crippen LogP contribution in [0.15, 0.2) is 0 Å². The van der Waals surface area contributed by atoms with Gasteiger partial charge in [0.05, 0.1) is 0 Å². The highest BCUT2D eigenvalue weighted by molar-refractivity contribution is 4.94. The molecule has 2 aliphatic rings. The lowest BCUT2D eigenvalue weighted by Crippen LogP contribution is -2.64. The topological polar surface area (TPSA) is 24.5 Å². The third-order valence-electron chi connectivity index (χ3n) is 3.99. The third-order valence-corrected chi connectivity index (χ3v) is 3.99. The maximum Gasteiger partial charge on any atom is 0.0480 e. The molecule has 94 valence electrons. The van der Waals surface area contributed by atoms with Crippen LogP contribution in [-0.4, -0.2) is 48.8 Å². The second kappa shape index (κ2) is 5.03. The Balaban J connectivity index is 2.01. The summed E-state index contributed by atoms with van der Waals surface area (Å²) in [5.41, 5.74) is 0.268. The van der Waals surface area contributed by atoms with Crippen molar-refractivity contribution in [2.45, 2.75) is 57.7 Å². The lowest BCUT2D eigenvalue weighted by molar-refractivity contribution is -0.0115. The van der Waals surface area contributed by atoms with Crippen LogP contribution in [0.2, 0.25) is 0 Å². The Morgan fingerprint density at radius 2 is 2.00 bits per heavy atom. The van der Waals surface area contributed by atoms with Crippen LogP contribution in [0.4, 0.5) is 0 Å². The highest BCUT2D eigenvalue weighted by atomic mass is 16.5. The quantitative estimate of drug-likeness (QED) is 0.774. The average Bonchev–Trinajstić information content (AvgIpc) is 2.29. The molecule has 0 aromatic rings. The number of hydrogen-bond acceptors (Lipinski definition) is 3. The van der Waals surface area contributed by atoms with Gasteiger partial charge in [0.2, 0.25) is 0 Å².